The van der Waals surface area contributed by atoms with Gasteiger partial charge in [0.15, 0.2) is 0 Å². The fraction of sp³-hybridized carbons (Fsp3) is 1.00. The van der Waals surface area contributed by atoms with Crippen LogP contribution in [0.1, 0.15) is 120 Å². The minimum Gasteiger partial charge on any atom is -0.0656 e. The van der Waals surface area contributed by atoms with Crippen molar-refractivity contribution >= 4 is 0 Å². The van der Waals surface area contributed by atoms with Gasteiger partial charge < -0.3 is 0 Å². The van der Waals surface area contributed by atoms with Gasteiger partial charge in [-0.25, -0.2) is 0 Å². The summed E-state index contributed by atoms with van der Waals surface area (Å²) in [5, 5.41) is 0. The van der Waals surface area contributed by atoms with Gasteiger partial charge in [0.05, 0.1) is 0 Å². The van der Waals surface area contributed by atoms with Crippen molar-refractivity contribution in [3.05, 3.63) is 0 Å². The average Bonchev–Trinajstić information content (AvgIpc) is 2.35. The summed E-state index contributed by atoms with van der Waals surface area (Å²) in [6, 6.07) is 0. The van der Waals surface area contributed by atoms with Gasteiger partial charge in [0.1, 0.15) is 0 Å². The van der Waals surface area contributed by atoms with E-state index in [1.165, 1.54) is 64.2 Å². The van der Waals surface area contributed by atoms with Crippen LogP contribution in [0.4, 0.5) is 0 Å². The highest BCUT2D eigenvalue weighted by Gasteiger charge is 1.95. The summed E-state index contributed by atoms with van der Waals surface area (Å²) in [5.41, 5.74) is 0. The van der Waals surface area contributed by atoms with E-state index in [1.807, 2.05) is 0 Å². The smallest absolute Gasteiger partial charge is 0.0533 e. The lowest BCUT2D eigenvalue weighted by Crippen LogP contribution is -1.85. The molecule has 0 bridgehead atoms. The summed E-state index contributed by atoms with van der Waals surface area (Å²) in [5.74, 6) is 0. The predicted molar refractivity (Wildman–Crippen MR) is 91.6 cm³/mol. The number of hydrogen-bond donors (Lipinski definition) is 0. The van der Waals surface area contributed by atoms with Crippen LogP contribution < -0.4 is 0 Å². The number of rotatable bonds is 0. The maximum Gasteiger partial charge on any atom is -0.0533 e. The Morgan fingerprint density at radius 1 is 0.333 bits per heavy atom. The molecule has 0 amide bonds. The normalized spacial score (nSPS) is 12.0. The SMILES string of the molecule is C1CCCCC1.CCC.CCC.CCC.CCC. The van der Waals surface area contributed by atoms with Crippen molar-refractivity contribution in [3.63, 3.8) is 0 Å². The Balaban J connectivity index is -0.0000000723. The Hall–Kier alpha value is 0. The first-order valence-corrected chi connectivity index (χ1v) is 8.66. The Kier molecular flexibility index (Phi) is 64.2. The molecule has 1 fully saturated rings. The Morgan fingerprint density at radius 3 is 0.444 bits per heavy atom. The summed E-state index contributed by atoms with van der Waals surface area (Å²) in [6.45, 7) is 17.0. The van der Waals surface area contributed by atoms with Crippen LogP contribution in [0.15, 0.2) is 0 Å². The average molecular weight is 261 g/mol. The van der Waals surface area contributed by atoms with Gasteiger partial charge in [0.2, 0.25) is 0 Å². The molecule has 0 spiro atoms. The second-order valence-corrected chi connectivity index (χ2v) is 4.95. The fourth-order valence-corrected chi connectivity index (χ4v) is 1.06. The molecule has 0 aromatic rings. The molecule has 0 heterocycles. The zero-order valence-electron chi connectivity index (χ0n) is 15.1. The van der Waals surface area contributed by atoms with Gasteiger partial charge in [-0.3, -0.25) is 0 Å². The van der Waals surface area contributed by atoms with Crippen LogP contribution in [0.5, 0.6) is 0 Å². The predicted octanol–water partition coefficient (Wildman–Crippen LogP) is 8.01. The highest BCUT2D eigenvalue weighted by molar-refractivity contribution is 4.51. The molecule has 0 N–H and O–H groups in total. The second kappa shape index (κ2) is 43.5. The van der Waals surface area contributed by atoms with Crippen molar-refractivity contribution in [1.29, 1.82) is 0 Å². The third kappa shape index (κ3) is 100. The van der Waals surface area contributed by atoms with Crippen molar-refractivity contribution in [1.82, 2.24) is 0 Å². The minimum atomic E-state index is 1.25. The van der Waals surface area contributed by atoms with E-state index in [9.17, 15) is 0 Å². The van der Waals surface area contributed by atoms with Crippen molar-refractivity contribution in [3.8, 4) is 0 Å². The molecule has 18 heavy (non-hydrogen) atoms. The van der Waals surface area contributed by atoms with Gasteiger partial charge in [0.25, 0.3) is 0 Å². The Labute approximate surface area is 120 Å². The minimum absolute atomic E-state index is 1.25. The van der Waals surface area contributed by atoms with Crippen LogP contribution in [0, 0.1) is 0 Å². The van der Waals surface area contributed by atoms with Crippen LogP contribution in [-0.2, 0) is 0 Å². The summed E-state index contributed by atoms with van der Waals surface area (Å²) in [4.78, 5) is 0. The Bertz CT molecular complexity index is 42.9. The third-order valence-electron chi connectivity index (χ3n) is 1.50. The van der Waals surface area contributed by atoms with Gasteiger partial charge >= 0.3 is 0 Å². The van der Waals surface area contributed by atoms with Crippen molar-refractivity contribution in [2.45, 2.75) is 120 Å². The van der Waals surface area contributed by atoms with Crippen LogP contribution >= 0.6 is 0 Å². The van der Waals surface area contributed by atoms with E-state index in [4.69, 9.17) is 0 Å². The largest absolute Gasteiger partial charge is 0.0656 e. The molecule has 0 aromatic heterocycles. The van der Waals surface area contributed by atoms with E-state index in [0.717, 1.165) is 0 Å². The maximum atomic E-state index is 2.12. The van der Waals surface area contributed by atoms with Crippen LogP contribution in [0.25, 0.3) is 0 Å². The molecule has 1 rings (SSSR count). The zero-order valence-corrected chi connectivity index (χ0v) is 15.1. The van der Waals surface area contributed by atoms with Gasteiger partial charge in [-0.2, -0.15) is 0 Å². The molecule has 116 valence electrons. The van der Waals surface area contributed by atoms with Crippen molar-refractivity contribution in [2.75, 3.05) is 0 Å². The standard InChI is InChI=1S/C6H12.4C3H8/c1-2-4-6-5-3-1;4*1-3-2/h1-6H2;4*3H2,1-2H3. The molecule has 1 aliphatic carbocycles. The first-order valence-electron chi connectivity index (χ1n) is 8.66. The van der Waals surface area contributed by atoms with Gasteiger partial charge in [-0.1, -0.05) is 120 Å². The van der Waals surface area contributed by atoms with E-state index in [0.29, 0.717) is 0 Å². The van der Waals surface area contributed by atoms with Crippen molar-refractivity contribution < 1.29 is 0 Å². The monoisotopic (exact) mass is 260 g/mol. The molecule has 0 saturated heterocycles. The molecule has 0 unspecified atom stereocenters. The topological polar surface area (TPSA) is 0 Å². The molecule has 0 radical (unpaired) electrons. The lowest BCUT2D eigenvalue weighted by molar-refractivity contribution is 0.504. The molecule has 0 atom stereocenters. The van der Waals surface area contributed by atoms with Gasteiger partial charge in [-0.15, -0.1) is 0 Å². The zero-order chi connectivity index (χ0) is 15.1. The highest BCUT2D eigenvalue weighted by atomic mass is 14.0. The van der Waals surface area contributed by atoms with Crippen LogP contribution in [0.2, 0.25) is 0 Å². The van der Waals surface area contributed by atoms with E-state index in [2.05, 4.69) is 55.4 Å². The number of hydrogen-bond acceptors (Lipinski definition) is 0. The van der Waals surface area contributed by atoms with E-state index >= 15 is 0 Å². The molecule has 1 aliphatic rings. The maximum absolute atomic E-state index is 2.12. The summed E-state index contributed by atoms with van der Waals surface area (Å²) in [7, 11) is 0. The van der Waals surface area contributed by atoms with E-state index in [-0.39, 0.29) is 0 Å². The first kappa shape index (κ1) is 26.5. The fourth-order valence-electron chi connectivity index (χ4n) is 1.06. The first-order chi connectivity index (χ1) is 8.66. The van der Waals surface area contributed by atoms with Gasteiger partial charge in [-0.05, 0) is 0 Å². The van der Waals surface area contributed by atoms with E-state index in [1.54, 1.807) is 0 Å². The lowest BCUT2D eigenvalue weighted by Gasteiger charge is -2.05. The lowest BCUT2D eigenvalue weighted by atomic mass is 10.0. The molecule has 1 saturated carbocycles. The molecule has 0 heteroatoms. The molecule has 0 aromatic carbocycles. The molecule has 0 nitrogen and oxygen atoms in total. The van der Waals surface area contributed by atoms with E-state index < -0.39 is 0 Å². The second-order valence-electron chi connectivity index (χ2n) is 4.95. The van der Waals surface area contributed by atoms with Crippen molar-refractivity contribution in [2.24, 2.45) is 0 Å². The van der Waals surface area contributed by atoms with Gasteiger partial charge in [0, 0.05) is 0 Å². The molecular weight excluding hydrogens is 216 g/mol. The highest BCUT2D eigenvalue weighted by Crippen LogP contribution is 2.15. The molecular formula is C18H44. The third-order valence-corrected chi connectivity index (χ3v) is 1.50. The van der Waals surface area contributed by atoms with Crippen LogP contribution in [0.3, 0.4) is 0 Å². The quantitative estimate of drug-likeness (QED) is 0.414. The summed E-state index contributed by atoms with van der Waals surface area (Å²) < 4.78 is 0. The van der Waals surface area contributed by atoms with Crippen LogP contribution in [-0.4, -0.2) is 0 Å². The summed E-state index contributed by atoms with van der Waals surface area (Å²) >= 11 is 0. The summed E-state index contributed by atoms with van der Waals surface area (Å²) in [6.07, 6.45) is 14.0. The molecule has 0 aliphatic heterocycles. The Morgan fingerprint density at radius 2 is 0.389 bits per heavy atom.